The zero-order chi connectivity index (χ0) is 18.1. The molecule has 0 bridgehead atoms. The number of rotatable bonds is 6. The van der Waals surface area contributed by atoms with Crippen molar-refractivity contribution in [1.82, 2.24) is 0 Å². The Morgan fingerprint density at radius 1 is 1.16 bits per heavy atom. The van der Waals surface area contributed by atoms with E-state index in [-0.39, 0.29) is 0 Å². The van der Waals surface area contributed by atoms with E-state index in [0.717, 1.165) is 0 Å². The number of hydrogen-bond donors (Lipinski definition) is 1. The van der Waals surface area contributed by atoms with Crippen LogP contribution >= 0.6 is 0 Å². The number of nitriles is 1. The molecular weight excluding hydrogens is 320 g/mol. The second-order valence-corrected chi connectivity index (χ2v) is 4.89. The predicted molar refractivity (Wildman–Crippen MR) is 92.8 cm³/mol. The van der Waals surface area contributed by atoms with Gasteiger partial charge in [-0.15, -0.1) is 0 Å². The van der Waals surface area contributed by atoms with Crippen LogP contribution in [0.1, 0.15) is 11.1 Å². The molecule has 0 radical (unpaired) electrons. The van der Waals surface area contributed by atoms with Gasteiger partial charge in [0.1, 0.15) is 11.8 Å². The highest BCUT2D eigenvalue weighted by Gasteiger charge is 2.08. The van der Waals surface area contributed by atoms with Crippen LogP contribution in [-0.2, 0) is 14.3 Å². The summed E-state index contributed by atoms with van der Waals surface area (Å²) in [5.74, 6) is -0.561. The van der Waals surface area contributed by atoms with Gasteiger partial charge in [-0.25, -0.2) is 4.79 Å². The standard InChI is InChI=1S/C19H16N2O4/c1-24-17-9-5-3-6-14(17)10-11-19(23)25-13-18(22)21-16-8-4-2-7-15(16)12-20/h2-11H,13H2,1H3,(H,21,22)/b11-10+. The molecule has 0 aromatic heterocycles. The van der Waals surface area contributed by atoms with Crippen LogP contribution in [0.25, 0.3) is 6.08 Å². The number of nitrogens with zero attached hydrogens (tertiary/aromatic N) is 1. The maximum Gasteiger partial charge on any atom is 0.331 e. The number of amides is 1. The Balaban J connectivity index is 1.88. The van der Waals surface area contributed by atoms with Crippen LogP contribution in [0.2, 0.25) is 0 Å². The van der Waals surface area contributed by atoms with Crippen LogP contribution in [0.3, 0.4) is 0 Å². The van der Waals surface area contributed by atoms with E-state index >= 15 is 0 Å². The minimum absolute atomic E-state index is 0.332. The molecule has 0 aliphatic heterocycles. The van der Waals surface area contributed by atoms with Gasteiger partial charge in [0.2, 0.25) is 0 Å². The number of benzene rings is 2. The summed E-state index contributed by atoms with van der Waals surface area (Å²) < 4.78 is 10.1. The Morgan fingerprint density at radius 2 is 1.88 bits per heavy atom. The Labute approximate surface area is 145 Å². The number of carbonyl (C=O) groups excluding carboxylic acids is 2. The fraction of sp³-hybridized carbons (Fsp3) is 0.105. The molecule has 2 aromatic rings. The second kappa shape index (κ2) is 8.89. The third kappa shape index (κ3) is 5.22. The van der Waals surface area contributed by atoms with E-state index in [2.05, 4.69) is 5.32 Å². The van der Waals surface area contributed by atoms with Crippen LogP contribution in [0.15, 0.2) is 54.6 Å². The molecule has 126 valence electrons. The number of carbonyl (C=O) groups is 2. The van der Waals surface area contributed by atoms with Crippen LogP contribution in [-0.4, -0.2) is 25.6 Å². The van der Waals surface area contributed by atoms with Crippen molar-refractivity contribution < 1.29 is 19.1 Å². The van der Waals surface area contributed by atoms with E-state index in [9.17, 15) is 9.59 Å². The second-order valence-electron chi connectivity index (χ2n) is 4.89. The minimum atomic E-state index is -0.658. The van der Waals surface area contributed by atoms with E-state index in [1.807, 2.05) is 18.2 Å². The molecule has 2 aromatic carbocycles. The van der Waals surface area contributed by atoms with E-state index in [4.69, 9.17) is 14.7 Å². The Morgan fingerprint density at radius 3 is 2.64 bits per heavy atom. The Hall–Kier alpha value is -3.59. The third-order valence-corrected chi connectivity index (χ3v) is 3.21. The van der Waals surface area contributed by atoms with Crippen molar-refractivity contribution in [2.24, 2.45) is 0 Å². The zero-order valence-electron chi connectivity index (χ0n) is 13.6. The van der Waals surface area contributed by atoms with Crippen LogP contribution in [0.5, 0.6) is 5.75 Å². The van der Waals surface area contributed by atoms with Crippen molar-refractivity contribution in [2.75, 3.05) is 19.0 Å². The highest BCUT2D eigenvalue weighted by molar-refractivity contribution is 5.95. The molecule has 0 unspecified atom stereocenters. The maximum absolute atomic E-state index is 11.8. The van der Waals surface area contributed by atoms with Gasteiger partial charge in [0.15, 0.2) is 6.61 Å². The van der Waals surface area contributed by atoms with Gasteiger partial charge in [-0.3, -0.25) is 4.79 Å². The molecule has 1 N–H and O–H groups in total. The highest BCUT2D eigenvalue weighted by Crippen LogP contribution is 2.18. The average Bonchev–Trinajstić information content (AvgIpc) is 2.65. The first kappa shape index (κ1) is 17.8. The van der Waals surface area contributed by atoms with Gasteiger partial charge in [0.25, 0.3) is 5.91 Å². The van der Waals surface area contributed by atoms with Crippen LogP contribution in [0, 0.1) is 11.3 Å². The Kier molecular flexibility index (Phi) is 6.32. The van der Waals surface area contributed by atoms with Gasteiger partial charge in [-0.1, -0.05) is 30.3 Å². The smallest absolute Gasteiger partial charge is 0.331 e. The first-order valence-corrected chi connectivity index (χ1v) is 7.41. The topological polar surface area (TPSA) is 88.4 Å². The molecule has 2 rings (SSSR count). The highest BCUT2D eigenvalue weighted by atomic mass is 16.5. The van der Waals surface area contributed by atoms with Crippen molar-refractivity contribution >= 4 is 23.6 Å². The lowest BCUT2D eigenvalue weighted by atomic mass is 10.2. The average molecular weight is 336 g/mol. The summed E-state index contributed by atoms with van der Waals surface area (Å²) >= 11 is 0. The van der Waals surface area contributed by atoms with Gasteiger partial charge in [0, 0.05) is 11.6 Å². The van der Waals surface area contributed by atoms with Crippen molar-refractivity contribution in [3.8, 4) is 11.8 Å². The first-order valence-electron chi connectivity index (χ1n) is 7.41. The molecule has 6 nitrogen and oxygen atoms in total. The summed E-state index contributed by atoms with van der Waals surface area (Å²) in [7, 11) is 1.54. The zero-order valence-corrected chi connectivity index (χ0v) is 13.6. The SMILES string of the molecule is COc1ccccc1/C=C/C(=O)OCC(=O)Nc1ccccc1C#N. The van der Waals surface area contributed by atoms with Crippen molar-refractivity contribution in [3.05, 3.63) is 65.7 Å². The normalized spacial score (nSPS) is 10.1. The Bertz CT molecular complexity index is 837. The summed E-state index contributed by atoms with van der Waals surface area (Å²) in [5, 5.41) is 11.5. The molecule has 0 aliphatic rings. The lowest BCUT2D eigenvalue weighted by Gasteiger charge is -2.07. The molecule has 0 aliphatic carbocycles. The van der Waals surface area contributed by atoms with Crippen LogP contribution in [0.4, 0.5) is 5.69 Å². The number of anilines is 1. The summed E-state index contributed by atoms with van der Waals surface area (Å²) in [6, 6.07) is 15.7. The van der Waals surface area contributed by atoms with Gasteiger partial charge in [-0.2, -0.15) is 5.26 Å². The quantitative estimate of drug-likeness (QED) is 0.647. The van der Waals surface area contributed by atoms with Gasteiger partial charge >= 0.3 is 5.97 Å². The molecular formula is C19H16N2O4. The van der Waals surface area contributed by atoms with E-state index in [1.54, 1.807) is 42.5 Å². The summed E-state index contributed by atoms with van der Waals surface area (Å²) in [6.45, 7) is -0.450. The summed E-state index contributed by atoms with van der Waals surface area (Å²) in [4.78, 5) is 23.5. The number of ether oxygens (including phenoxy) is 2. The number of para-hydroxylation sites is 2. The van der Waals surface area contributed by atoms with E-state index in [0.29, 0.717) is 22.6 Å². The first-order chi connectivity index (χ1) is 12.1. The molecule has 6 heteroatoms. The monoisotopic (exact) mass is 336 g/mol. The predicted octanol–water partition coefficient (Wildman–Crippen LogP) is 2.76. The van der Waals surface area contributed by atoms with E-state index < -0.39 is 18.5 Å². The van der Waals surface area contributed by atoms with Gasteiger partial charge in [-0.05, 0) is 24.3 Å². The minimum Gasteiger partial charge on any atom is -0.496 e. The fourth-order valence-corrected chi connectivity index (χ4v) is 2.02. The number of hydrogen-bond acceptors (Lipinski definition) is 5. The molecule has 25 heavy (non-hydrogen) atoms. The molecule has 0 spiro atoms. The number of nitrogens with one attached hydrogen (secondary N) is 1. The molecule has 0 heterocycles. The molecule has 0 saturated carbocycles. The van der Waals surface area contributed by atoms with Crippen molar-refractivity contribution in [2.45, 2.75) is 0 Å². The molecule has 0 fully saturated rings. The summed E-state index contributed by atoms with van der Waals surface area (Å²) in [5.41, 5.74) is 1.42. The number of methoxy groups -OCH3 is 1. The molecule has 1 amide bonds. The third-order valence-electron chi connectivity index (χ3n) is 3.21. The summed E-state index contributed by atoms with van der Waals surface area (Å²) in [6.07, 6.45) is 2.76. The van der Waals surface area contributed by atoms with Gasteiger partial charge < -0.3 is 14.8 Å². The maximum atomic E-state index is 11.8. The van der Waals surface area contributed by atoms with E-state index in [1.165, 1.54) is 13.2 Å². The molecule has 0 atom stereocenters. The van der Waals surface area contributed by atoms with Crippen molar-refractivity contribution in [1.29, 1.82) is 5.26 Å². The molecule has 0 saturated heterocycles. The van der Waals surface area contributed by atoms with Crippen LogP contribution < -0.4 is 10.1 Å². The number of esters is 1. The lowest BCUT2D eigenvalue weighted by Crippen LogP contribution is -2.20. The van der Waals surface area contributed by atoms with Crippen molar-refractivity contribution in [3.63, 3.8) is 0 Å². The fourth-order valence-electron chi connectivity index (χ4n) is 2.02. The lowest BCUT2D eigenvalue weighted by molar-refractivity contribution is -0.142. The largest absolute Gasteiger partial charge is 0.496 e. The van der Waals surface area contributed by atoms with Gasteiger partial charge in [0.05, 0.1) is 18.4 Å².